The quantitative estimate of drug-likeness (QED) is 0.343. The third kappa shape index (κ3) is 8.44. The van der Waals surface area contributed by atoms with E-state index in [0.717, 1.165) is 19.1 Å². The van der Waals surface area contributed by atoms with Gasteiger partial charge in [-0.05, 0) is 0 Å². The Kier molecular flexibility index (Phi) is 5.36. The zero-order valence-corrected chi connectivity index (χ0v) is 8.73. The van der Waals surface area contributed by atoms with Crippen LogP contribution in [0.5, 0.6) is 0 Å². The van der Waals surface area contributed by atoms with Crippen molar-refractivity contribution in [3.8, 4) is 0 Å². The van der Waals surface area contributed by atoms with Crippen molar-refractivity contribution in [1.29, 1.82) is 0 Å². The monoisotopic (exact) mass is 152 g/mol. The van der Waals surface area contributed by atoms with Crippen LogP contribution in [0.2, 0.25) is 8.09 Å². The molecule has 0 fully saturated rings. The van der Waals surface area contributed by atoms with E-state index in [1.54, 1.807) is 0 Å². The highest BCUT2D eigenvalue weighted by Crippen LogP contribution is 2.22. The zero-order valence-electron chi connectivity index (χ0n) is 7.31. The van der Waals surface area contributed by atoms with Gasteiger partial charge in [0.25, 0.3) is 0 Å². The predicted molar refractivity (Wildman–Crippen MR) is 45.6 cm³/mol. The summed E-state index contributed by atoms with van der Waals surface area (Å²) in [6.07, 6.45) is 2.91. The molecule has 0 aliphatic rings. The minimum atomic E-state index is 0.0704. The summed E-state index contributed by atoms with van der Waals surface area (Å²) < 4.78 is 1.89. The van der Waals surface area contributed by atoms with Crippen LogP contribution >= 0.6 is 0 Å². The minimum Gasteiger partial charge on any atom is -0.303 e. The van der Waals surface area contributed by atoms with Crippen molar-refractivity contribution in [3.63, 3.8) is 0 Å². The fourth-order valence-electron chi connectivity index (χ4n) is 0.883. The third-order valence-electron chi connectivity index (χ3n) is 1.50. The van der Waals surface area contributed by atoms with Gasteiger partial charge in [0.1, 0.15) is 6.29 Å². The van der Waals surface area contributed by atoms with Gasteiger partial charge >= 0.3 is 20.4 Å². The van der Waals surface area contributed by atoms with Gasteiger partial charge < -0.3 is 4.79 Å². The SMILES string of the molecule is C[C](C)(C)[Mg][CH2]CCC=O. The summed E-state index contributed by atoms with van der Waals surface area (Å²) in [6.45, 7) is 6.88. The Bertz CT molecular complexity index is 93.9. The number of aldehydes is 1. The summed E-state index contributed by atoms with van der Waals surface area (Å²) in [4.78, 5) is 9.94. The van der Waals surface area contributed by atoms with Crippen LogP contribution in [-0.2, 0) is 4.79 Å². The molecule has 0 radical (unpaired) electrons. The Morgan fingerprint density at radius 2 is 2.00 bits per heavy atom. The first-order valence-corrected chi connectivity index (χ1v) is 5.70. The summed E-state index contributed by atoms with van der Waals surface area (Å²) in [6, 6.07) is 0. The molecule has 2 heteroatoms. The number of unbranched alkanes of at least 4 members (excludes halogenated alkanes) is 1. The lowest BCUT2D eigenvalue weighted by Gasteiger charge is -2.15. The van der Waals surface area contributed by atoms with E-state index in [4.69, 9.17) is 0 Å². The van der Waals surface area contributed by atoms with Gasteiger partial charge in [0, 0.05) is 6.42 Å². The van der Waals surface area contributed by atoms with Crippen LogP contribution in [0.3, 0.4) is 0 Å². The summed E-state index contributed by atoms with van der Waals surface area (Å²) in [7, 11) is 0. The average Bonchev–Trinajstić information content (AvgIpc) is 1.78. The second-order valence-electron chi connectivity index (χ2n) is 3.97. The van der Waals surface area contributed by atoms with Gasteiger partial charge in [-0.15, -0.1) is 8.09 Å². The van der Waals surface area contributed by atoms with Crippen molar-refractivity contribution in [3.05, 3.63) is 0 Å². The van der Waals surface area contributed by atoms with Crippen LogP contribution < -0.4 is 0 Å². The topological polar surface area (TPSA) is 17.1 Å². The van der Waals surface area contributed by atoms with E-state index in [1.165, 1.54) is 4.55 Å². The molecule has 1 nitrogen and oxygen atoms in total. The Balaban J connectivity index is 3.12. The van der Waals surface area contributed by atoms with Gasteiger partial charge in [-0.2, -0.15) is 0 Å². The molecule has 0 aliphatic heterocycles. The molecule has 0 atom stereocenters. The van der Waals surface area contributed by atoms with E-state index in [0.29, 0.717) is 3.54 Å². The molecule has 0 aliphatic carbocycles. The lowest BCUT2D eigenvalue weighted by atomic mass is 10.2. The van der Waals surface area contributed by atoms with Crippen molar-refractivity contribution in [2.75, 3.05) is 0 Å². The average molecular weight is 153 g/mol. The minimum absolute atomic E-state index is 0.0704. The summed E-state index contributed by atoms with van der Waals surface area (Å²) in [5.41, 5.74) is 0. The molecular weight excluding hydrogens is 136 g/mol. The van der Waals surface area contributed by atoms with Crippen LogP contribution in [0.4, 0.5) is 0 Å². The number of rotatable bonds is 4. The molecule has 0 unspecified atom stereocenters. The molecule has 0 amide bonds. The highest BCUT2D eigenvalue weighted by Gasteiger charge is 2.12. The second kappa shape index (κ2) is 5.13. The molecular formula is C8H16MgO. The molecule has 0 rings (SSSR count). The van der Waals surface area contributed by atoms with E-state index < -0.39 is 0 Å². The van der Waals surface area contributed by atoms with Crippen LogP contribution in [-0.4, -0.2) is 26.7 Å². The largest absolute Gasteiger partial charge is 0.372 e. The Labute approximate surface area is 73.3 Å². The van der Waals surface area contributed by atoms with Crippen LogP contribution in [0, 0.1) is 0 Å². The third-order valence-corrected chi connectivity index (χ3v) is 3.85. The van der Waals surface area contributed by atoms with Gasteiger partial charge in [-0.1, -0.05) is 27.2 Å². The maximum atomic E-state index is 9.94. The summed E-state index contributed by atoms with van der Waals surface area (Å²) >= 11 is 0.0704. The van der Waals surface area contributed by atoms with Crippen molar-refractivity contribution < 1.29 is 4.79 Å². The first kappa shape index (κ1) is 10.4. The van der Waals surface area contributed by atoms with Gasteiger partial charge in [-0.25, -0.2) is 0 Å². The number of carbonyl (C=O) groups excluding carboxylic acids is 1. The molecule has 0 N–H and O–H groups in total. The fraction of sp³-hybridized carbons (Fsp3) is 0.875. The lowest BCUT2D eigenvalue weighted by Crippen LogP contribution is -2.07. The van der Waals surface area contributed by atoms with Crippen molar-refractivity contribution in [1.82, 2.24) is 0 Å². The summed E-state index contributed by atoms with van der Waals surface area (Å²) in [5, 5.41) is 0. The van der Waals surface area contributed by atoms with Crippen LogP contribution in [0.25, 0.3) is 0 Å². The first-order chi connectivity index (χ1) is 4.56. The summed E-state index contributed by atoms with van der Waals surface area (Å²) in [5.74, 6) is 0. The van der Waals surface area contributed by atoms with Gasteiger partial charge in [-0.3, -0.25) is 0 Å². The molecule has 56 valence electrons. The van der Waals surface area contributed by atoms with E-state index in [1.807, 2.05) is 0 Å². The molecule has 0 aromatic heterocycles. The molecule has 0 spiro atoms. The van der Waals surface area contributed by atoms with Gasteiger partial charge in [0.15, 0.2) is 0 Å². The maximum Gasteiger partial charge on any atom is 0.372 e. The van der Waals surface area contributed by atoms with E-state index >= 15 is 0 Å². The number of carbonyl (C=O) groups is 1. The van der Waals surface area contributed by atoms with Crippen molar-refractivity contribution >= 4 is 26.7 Å². The normalized spacial score (nSPS) is 10.7. The Hall–Kier alpha value is 0.436. The molecule has 0 aromatic rings. The zero-order chi connectivity index (χ0) is 8.04. The van der Waals surface area contributed by atoms with E-state index in [-0.39, 0.29) is 20.4 Å². The molecule has 0 saturated heterocycles. The Morgan fingerprint density at radius 3 is 2.40 bits per heavy atom. The predicted octanol–water partition coefficient (Wildman–Crippen LogP) is 2.31. The number of hydrogen-bond donors (Lipinski definition) is 0. The van der Waals surface area contributed by atoms with Crippen molar-refractivity contribution in [2.24, 2.45) is 0 Å². The van der Waals surface area contributed by atoms with E-state index in [9.17, 15) is 4.79 Å². The van der Waals surface area contributed by atoms with E-state index in [2.05, 4.69) is 20.8 Å². The highest BCUT2D eigenvalue weighted by molar-refractivity contribution is 6.39. The Morgan fingerprint density at radius 1 is 1.40 bits per heavy atom. The molecule has 10 heavy (non-hydrogen) atoms. The standard InChI is InChI=1S/C4H7O.C4H9.Mg/c1-2-3-4-5;1-4(2)3;/h4H,1-3H2;1-3H3;. The highest BCUT2D eigenvalue weighted by atomic mass is 24.5. The molecule has 0 heterocycles. The van der Waals surface area contributed by atoms with Crippen LogP contribution in [0.15, 0.2) is 0 Å². The number of hydrogen-bond acceptors (Lipinski definition) is 1. The molecule has 0 bridgehead atoms. The smallest absolute Gasteiger partial charge is 0.303 e. The fourth-order valence-corrected chi connectivity index (χ4v) is 2.48. The van der Waals surface area contributed by atoms with Crippen LogP contribution in [0.1, 0.15) is 33.6 Å². The molecule has 0 saturated carbocycles. The van der Waals surface area contributed by atoms with Gasteiger partial charge in [0.05, 0.1) is 0 Å². The maximum absolute atomic E-state index is 9.94. The van der Waals surface area contributed by atoms with Crippen molar-refractivity contribution in [2.45, 2.75) is 41.7 Å². The first-order valence-electron chi connectivity index (χ1n) is 4.00. The lowest BCUT2D eigenvalue weighted by molar-refractivity contribution is -0.107. The molecule has 0 aromatic carbocycles. The van der Waals surface area contributed by atoms with Gasteiger partial charge in [0.2, 0.25) is 0 Å². The second-order valence-corrected chi connectivity index (χ2v) is 7.30.